The van der Waals surface area contributed by atoms with Gasteiger partial charge in [-0.25, -0.2) is 9.97 Å². The molecule has 0 aliphatic carbocycles. The summed E-state index contributed by atoms with van der Waals surface area (Å²) in [5, 5.41) is 0. The fourth-order valence-corrected chi connectivity index (χ4v) is 1.98. The van der Waals surface area contributed by atoms with Crippen LogP contribution in [0.2, 0.25) is 0 Å². The molecule has 0 saturated heterocycles. The highest BCUT2D eigenvalue weighted by atomic mass is 16.5. The molecule has 0 bridgehead atoms. The highest BCUT2D eigenvalue weighted by Gasteiger charge is 2.11. The third-order valence-corrected chi connectivity index (χ3v) is 2.91. The molecule has 0 amide bonds. The van der Waals surface area contributed by atoms with Gasteiger partial charge in [0.25, 0.3) is 0 Å². The van der Waals surface area contributed by atoms with Gasteiger partial charge in [0.1, 0.15) is 17.9 Å². The molecule has 1 heterocycles. The third kappa shape index (κ3) is 3.15. The number of nitrogens with zero attached hydrogens (tertiary/aromatic N) is 2. The standard InChI is InChI=1S/C16H19N3O/c1-3-7-12-9-5-6-10-14(12)20-16-13(8-4-2)15(17)18-11-19-16/h3,5-7,9-11H,4,8H2,1-2H3,(H2,17,18,19)/b7-3+. The molecule has 2 aromatic rings. The average molecular weight is 269 g/mol. The van der Waals surface area contributed by atoms with E-state index in [0.29, 0.717) is 11.7 Å². The first-order valence-electron chi connectivity index (χ1n) is 6.75. The summed E-state index contributed by atoms with van der Waals surface area (Å²) in [7, 11) is 0. The number of hydrogen-bond acceptors (Lipinski definition) is 4. The summed E-state index contributed by atoms with van der Waals surface area (Å²) in [5.74, 6) is 1.79. The first-order valence-corrected chi connectivity index (χ1v) is 6.75. The van der Waals surface area contributed by atoms with Crippen molar-refractivity contribution < 1.29 is 4.74 Å². The minimum atomic E-state index is 0.486. The number of nitrogen functional groups attached to an aromatic ring is 1. The Kier molecular flexibility index (Phi) is 4.71. The number of benzene rings is 1. The fraction of sp³-hybridized carbons (Fsp3) is 0.250. The van der Waals surface area contributed by atoms with Crippen molar-refractivity contribution in [2.24, 2.45) is 0 Å². The van der Waals surface area contributed by atoms with Crippen LogP contribution in [0.25, 0.3) is 6.08 Å². The molecule has 0 fully saturated rings. The lowest BCUT2D eigenvalue weighted by molar-refractivity contribution is 0.453. The molecular weight excluding hydrogens is 250 g/mol. The SMILES string of the molecule is C/C=C/c1ccccc1Oc1ncnc(N)c1CCC. The van der Waals surface area contributed by atoms with Crippen molar-refractivity contribution in [1.29, 1.82) is 0 Å². The molecule has 4 nitrogen and oxygen atoms in total. The van der Waals surface area contributed by atoms with Crippen LogP contribution in [-0.2, 0) is 6.42 Å². The fourth-order valence-electron chi connectivity index (χ4n) is 1.98. The van der Waals surface area contributed by atoms with Crippen LogP contribution >= 0.6 is 0 Å². The van der Waals surface area contributed by atoms with Crippen molar-refractivity contribution in [3.05, 3.63) is 47.8 Å². The third-order valence-electron chi connectivity index (χ3n) is 2.91. The molecular formula is C16H19N3O. The molecule has 0 radical (unpaired) electrons. The van der Waals surface area contributed by atoms with E-state index in [2.05, 4.69) is 16.9 Å². The Morgan fingerprint density at radius 1 is 1.25 bits per heavy atom. The smallest absolute Gasteiger partial charge is 0.227 e. The van der Waals surface area contributed by atoms with Crippen molar-refractivity contribution in [2.45, 2.75) is 26.7 Å². The van der Waals surface area contributed by atoms with Gasteiger partial charge in [-0.2, -0.15) is 0 Å². The Balaban J connectivity index is 2.37. The zero-order chi connectivity index (χ0) is 14.4. The van der Waals surface area contributed by atoms with Gasteiger partial charge in [-0.3, -0.25) is 0 Å². The number of rotatable bonds is 5. The molecule has 104 valence electrons. The number of allylic oxidation sites excluding steroid dienone is 1. The van der Waals surface area contributed by atoms with E-state index in [1.54, 1.807) is 0 Å². The van der Waals surface area contributed by atoms with E-state index in [0.717, 1.165) is 29.7 Å². The van der Waals surface area contributed by atoms with Crippen LogP contribution in [0.1, 0.15) is 31.4 Å². The van der Waals surface area contributed by atoms with Gasteiger partial charge in [-0.1, -0.05) is 43.7 Å². The van der Waals surface area contributed by atoms with E-state index >= 15 is 0 Å². The van der Waals surface area contributed by atoms with Crippen LogP contribution < -0.4 is 10.5 Å². The molecule has 20 heavy (non-hydrogen) atoms. The van der Waals surface area contributed by atoms with E-state index < -0.39 is 0 Å². The maximum absolute atomic E-state index is 5.94. The summed E-state index contributed by atoms with van der Waals surface area (Å²) in [6.07, 6.45) is 7.17. The van der Waals surface area contributed by atoms with Crippen LogP contribution in [0.5, 0.6) is 11.6 Å². The molecule has 0 spiro atoms. The Labute approximate surface area is 119 Å². The molecule has 1 aromatic carbocycles. The predicted octanol–water partition coefficient (Wildman–Crippen LogP) is 3.84. The van der Waals surface area contributed by atoms with Crippen LogP contribution in [0, 0.1) is 0 Å². The van der Waals surface area contributed by atoms with Crippen molar-refractivity contribution >= 4 is 11.9 Å². The number of para-hydroxylation sites is 1. The monoisotopic (exact) mass is 269 g/mol. The van der Waals surface area contributed by atoms with Gasteiger partial charge in [-0.05, 0) is 19.4 Å². The number of hydrogen-bond donors (Lipinski definition) is 1. The van der Waals surface area contributed by atoms with Gasteiger partial charge < -0.3 is 10.5 Å². The molecule has 0 atom stereocenters. The summed E-state index contributed by atoms with van der Waals surface area (Å²) in [5.41, 5.74) is 7.79. The topological polar surface area (TPSA) is 61.0 Å². The Morgan fingerprint density at radius 2 is 2.05 bits per heavy atom. The second-order valence-electron chi connectivity index (χ2n) is 4.43. The van der Waals surface area contributed by atoms with Crippen LogP contribution in [0.3, 0.4) is 0 Å². The highest BCUT2D eigenvalue weighted by Crippen LogP contribution is 2.29. The van der Waals surface area contributed by atoms with Gasteiger partial charge in [0, 0.05) is 5.56 Å². The van der Waals surface area contributed by atoms with Gasteiger partial charge in [0.15, 0.2) is 0 Å². The van der Waals surface area contributed by atoms with E-state index in [-0.39, 0.29) is 0 Å². The van der Waals surface area contributed by atoms with Gasteiger partial charge in [0.2, 0.25) is 5.88 Å². The van der Waals surface area contributed by atoms with Crippen molar-refractivity contribution in [3.8, 4) is 11.6 Å². The molecule has 0 aliphatic rings. The van der Waals surface area contributed by atoms with Crippen molar-refractivity contribution in [1.82, 2.24) is 9.97 Å². The molecule has 4 heteroatoms. The van der Waals surface area contributed by atoms with Crippen molar-refractivity contribution in [3.63, 3.8) is 0 Å². The summed E-state index contributed by atoms with van der Waals surface area (Å²) >= 11 is 0. The average Bonchev–Trinajstić information content (AvgIpc) is 2.45. The van der Waals surface area contributed by atoms with Crippen LogP contribution in [0.15, 0.2) is 36.7 Å². The second kappa shape index (κ2) is 6.70. The number of ether oxygens (including phenoxy) is 1. The van der Waals surface area contributed by atoms with Gasteiger partial charge >= 0.3 is 0 Å². The minimum Gasteiger partial charge on any atom is -0.438 e. The molecule has 0 aliphatic heterocycles. The molecule has 0 unspecified atom stereocenters. The lowest BCUT2D eigenvalue weighted by Gasteiger charge is -2.12. The van der Waals surface area contributed by atoms with E-state index in [9.17, 15) is 0 Å². The van der Waals surface area contributed by atoms with Crippen LogP contribution in [0.4, 0.5) is 5.82 Å². The first-order chi connectivity index (χ1) is 9.76. The predicted molar refractivity (Wildman–Crippen MR) is 81.7 cm³/mol. The maximum atomic E-state index is 5.94. The number of anilines is 1. The van der Waals surface area contributed by atoms with Crippen molar-refractivity contribution in [2.75, 3.05) is 5.73 Å². The quantitative estimate of drug-likeness (QED) is 0.896. The zero-order valence-corrected chi connectivity index (χ0v) is 11.8. The second-order valence-corrected chi connectivity index (χ2v) is 4.43. The van der Waals surface area contributed by atoms with E-state index in [1.807, 2.05) is 43.3 Å². The van der Waals surface area contributed by atoms with Gasteiger partial charge in [0.05, 0.1) is 5.56 Å². The van der Waals surface area contributed by atoms with E-state index in [1.165, 1.54) is 6.33 Å². The number of aromatic nitrogens is 2. The Hall–Kier alpha value is -2.36. The highest BCUT2D eigenvalue weighted by molar-refractivity contribution is 5.58. The van der Waals surface area contributed by atoms with E-state index in [4.69, 9.17) is 10.5 Å². The van der Waals surface area contributed by atoms with Gasteiger partial charge in [-0.15, -0.1) is 0 Å². The molecule has 1 aromatic heterocycles. The summed E-state index contributed by atoms with van der Waals surface area (Å²) in [4.78, 5) is 8.25. The summed E-state index contributed by atoms with van der Waals surface area (Å²) < 4.78 is 5.94. The largest absolute Gasteiger partial charge is 0.438 e. The zero-order valence-electron chi connectivity index (χ0n) is 11.8. The molecule has 2 N–H and O–H groups in total. The van der Waals surface area contributed by atoms with Crippen LogP contribution in [-0.4, -0.2) is 9.97 Å². The Morgan fingerprint density at radius 3 is 2.80 bits per heavy atom. The first kappa shape index (κ1) is 14.1. The number of nitrogens with two attached hydrogens (primary N) is 1. The normalized spacial score (nSPS) is 10.9. The molecule has 0 saturated carbocycles. The lowest BCUT2D eigenvalue weighted by Crippen LogP contribution is -2.03. The lowest BCUT2D eigenvalue weighted by atomic mass is 10.1. The molecule has 2 rings (SSSR count). The summed E-state index contributed by atoms with van der Waals surface area (Å²) in [6.45, 7) is 4.06. The summed E-state index contributed by atoms with van der Waals surface area (Å²) in [6, 6.07) is 7.83. The Bertz CT molecular complexity index is 608. The minimum absolute atomic E-state index is 0.486. The maximum Gasteiger partial charge on any atom is 0.227 e.